The van der Waals surface area contributed by atoms with Crippen LogP contribution in [0.25, 0.3) is 0 Å². The maximum absolute atomic E-state index is 12.2. The molecule has 210 valence electrons. The summed E-state index contributed by atoms with van der Waals surface area (Å²) >= 11 is 12.3. The van der Waals surface area contributed by atoms with Gasteiger partial charge in [0.2, 0.25) is 5.91 Å². The van der Waals surface area contributed by atoms with Crippen molar-refractivity contribution in [1.82, 2.24) is 10.7 Å². The number of hydrogen-bond acceptors (Lipinski definition) is 6. The largest absolute Gasteiger partial charge is 0.497 e. The molecule has 3 aromatic rings. The standard InChI is InChI=1S/C30H31Cl2N3O5/c1-4-6-22-15-20(16-27(39-5-2)29(22)40-19-23-7-10-24(31)17-26(23)32)18-34-35-28(36)13-14-33-30(37)21-8-11-25(38-3)12-9-21/h4,7-12,15-18H,1,5-6,13-14,19H2,2-3H3,(H,33,37)(H,35,36). The molecule has 8 nitrogen and oxygen atoms in total. The predicted molar refractivity (Wildman–Crippen MR) is 158 cm³/mol. The number of carbonyl (C=O) groups is 2. The summed E-state index contributed by atoms with van der Waals surface area (Å²) in [6.45, 7) is 6.52. The van der Waals surface area contributed by atoms with Gasteiger partial charge < -0.3 is 19.5 Å². The molecule has 0 fully saturated rings. The fourth-order valence-electron chi connectivity index (χ4n) is 3.65. The van der Waals surface area contributed by atoms with Crippen LogP contribution in [0.5, 0.6) is 17.2 Å². The number of rotatable bonds is 14. The second-order valence-electron chi connectivity index (χ2n) is 8.49. The lowest BCUT2D eigenvalue weighted by Crippen LogP contribution is -2.29. The Labute approximate surface area is 243 Å². The van der Waals surface area contributed by atoms with Crippen LogP contribution in [0.15, 0.2) is 72.4 Å². The smallest absolute Gasteiger partial charge is 0.251 e. The van der Waals surface area contributed by atoms with E-state index in [0.29, 0.717) is 51.4 Å². The van der Waals surface area contributed by atoms with E-state index in [9.17, 15) is 9.59 Å². The van der Waals surface area contributed by atoms with Gasteiger partial charge in [-0.2, -0.15) is 5.10 Å². The molecule has 0 bridgehead atoms. The Morgan fingerprint density at radius 3 is 2.48 bits per heavy atom. The van der Waals surface area contributed by atoms with Gasteiger partial charge in [-0.1, -0.05) is 35.3 Å². The minimum atomic E-state index is -0.345. The van der Waals surface area contributed by atoms with E-state index in [1.54, 1.807) is 55.7 Å². The van der Waals surface area contributed by atoms with Crippen molar-refractivity contribution in [2.75, 3.05) is 20.3 Å². The molecule has 0 aliphatic heterocycles. The van der Waals surface area contributed by atoms with Crippen LogP contribution in [0.4, 0.5) is 0 Å². The minimum absolute atomic E-state index is 0.0607. The van der Waals surface area contributed by atoms with E-state index in [1.807, 2.05) is 19.1 Å². The second-order valence-corrected chi connectivity index (χ2v) is 9.33. The van der Waals surface area contributed by atoms with E-state index in [0.717, 1.165) is 11.1 Å². The number of nitrogens with zero attached hydrogens (tertiary/aromatic N) is 1. The monoisotopic (exact) mass is 583 g/mol. The summed E-state index contributed by atoms with van der Waals surface area (Å²) in [5.41, 5.74) is 5.27. The average Bonchev–Trinajstić information content (AvgIpc) is 2.94. The van der Waals surface area contributed by atoms with Gasteiger partial charge in [-0.3, -0.25) is 9.59 Å². The number of nitrogens with one attached hydrogen (secondary N) is 2. The Hall–Kier alpha value is -4.01. The SMILES string of the molecule is C=CCc1cc(C=NNC(=O)CCNC(=O)c2ccc(OC)cc2)cc(OCC)c1OCc1ccc(Cl)cc1Cl. The highest BCUT2D eigenvalue weighted by molar-refractivity contribution is 6.35. The number of benzene rings is 3. The first-order chi connectivity index (χ1) is 19.3. The molecule has 3 aromatic carbocycles. The fourth-order valence-corrected chi connectivity index (χ4v) is 4.11. The van der Waals surface area contributed by atoms with Crippen molar-refractivity contribution in [3.63, 3.8) is 0 Å². The summed E-state index contributed by atoms with van der Waals surface area (Å²) in [6.07, 6.45) is 3.86. The van der Waals surface area contributed by atoms with E-state index >= 15 is 0 Å². The molecule has 0 unspecified atom stereocenters. The normalized spacial score (nSPS) is 10.7. The van der Waals surface area contributed by atoms with Crippen molar-refractivity contribution < 1.29 is 23.8 Å². The van der Waals surface area contributed by atoms with Crippen LogP contribution in [0.1, 0.15) is 40.4 Å². The first-order valence-corrected chi connectivity index (χ1v) is 13.3. The van der Waals surface area contributed by atoms with E-state index in [-0.39, 0.29) is 31.4 Å². The third kappa shape index (κ3) is 9.03. The van der Waals surface area contributed by atoms with Gasteiger partial charge in [0.15, 0.2) is 11.5 Å². The Kier molecular flexibility index (Phi) is 11.9. The first-order valence-electron chi connectivity index (χ1n) is 12.6. The van der Waals surface area contributed by atoms with E-state index in [2.05, 4.69) is 22.4 Å². The third-order valence-corrected chi connectivity index (χ3v) is 6.18. The average molecular weight is 585 g/mol. The van der Waals surface area contributed by atoms with E-state index in [1.165, 1.54) is 6.21 Å². The third-order valence-electron chi connectivity index (χ3n) is 5.60. The van der Waals surface area contributed by atoms with Gasteiger partial charge in [-0.05, 0) is 67.4 Å². The molecule has 0 spiro atoms. The molecular weight excluding hydrogens is 553 g/mol. The van der Waals surface area contributed by atoms with Gasteiger partial charge in [0.05, 0.1) is 19.9 Å². The van der Waals surface area contributed by atoms with Crippen molar-refractivity contribution in [3.05, 3.63) is 99.6 Å². The quantitative estimate of drug-likeness (QED) is 0.138. The molecule has 0 atom stereocenters. The number of allylic oxidation sites excluding steroid dienone is 1. The number of hydrogen-bond donors (Lipinski definition) is 2. The predicted octanol–water partition coefficient (Wildman–Crippen LogP) is 5.98. The second kappa shape index (κ2) is 15.5. The summed E-state index contributed by atoms with van der Waals surface area (Å²) in [5.74, 6) is 1.13. The molecule has 0 aliphatic carbocycles. The summed E-state index contributed by atoms with van der Waals surface area (Å²) in [6, 6.07) is 15.6. The van der Waals surface area contributed by atoms with Crippen molar-refractivity contribution >= 4 is 41.2 Å². The number of amides is 2. The molecule has 2 amide bonds. The lowest BCUT2D eigenvalue weighted by molar-refractivity contribution is -0.120. The van der Waals surface area contributed by atoms with Gasteiger partial charge in [-0.25, -0.2) is 5.43 Å². The van der Waals surface area contributed by atoms with Crippen molar-refractivity contribution in [1.29, 1.82) is 0 Å². The van der Waals surface area contributed by atoms with Crippen LogP contribution < -0.4 is 25.0 Å². The zero-order valence-electron chi connectivity index (χ0n) is 22.3. The zero-order chi connectivity index (χ0) is 28.9. The number of carbonyl (C=O) groups excluding carboxylic acids is 2. The van der Waals surface area contributed by atoms with Crippen LogP contribution >= 0.6 is 23.2 Å². The number of halogens is 2. The van der Waals surface area contributed by atoms with Crippen LogP contribution in [0.3, 0.4) is 0 Å². The summed E-state index contributed by atoms with van der Waals surface area (Å²) in [4.78, 5) is 24.5. The fraction of sp³-hybridized carbons (Fsp3) is 0.233. The van der Waals surface area contributed by atoms with Gasteiger partial charge in [0, 0.05) is 39.7 Å². The molecule has 0 saturated carbocycles. The Balaban J connectivity index is 1.61. The Bertz CT molecular complexity index is 1360. The maximum atomic E-state index is 12.2. The molecule has 0 aliphatic rings. The molecule has 3 rings (SSSR count). The zero-order valence-corrected chi connectivity index (χ0v) is 23.8. The molecule has 0 saturated heterocycles. The molecule has 0 aromatic heterocycles. The van der Waals surface area contributed by atoms with Crippen LogP contribution in [-0.4, -0.2) is 38.3 Å². The van der Waals surface area contributed by atoms with E-state index in [4.69, 9.17) is 37.4 Å². The molecule has 2 N–H and O–H groups in total. The lowest BCUT2D eigenvalue weighted by atomic mass is 10.1. The van der Waals surface area contributed by atoms with Crippen LogP contribution in [0.2, 0.25) is 10.0 Å². The Morgan fingerprint density at radius 2 is 1.80 bits per heavy atom. The highest BCUT2D eigenvalue weighted by Crippen LogP contribution is 2.35. The highest BCUT2D eigenvalue weighted by atomic mass is 35.5. The molecular formula is C30H31Cl2N3O5. The minimum Gasteiger partial charge on any atom is -0.497 e. The van der Waals surface area contributed by atoms with Gasteiger partial charge in [0.1, 0.15) is 12.4 Å². The van der Waals surface area contributed by atoms with Crippen molar-refractivity contribution in [3.8, 4) is 17.2 Å². The maximum Gasteiger partial charge on any atom is 0.251 e. The van der Waals surface area contributed by atoms with Gasteiger partial charge >= 0.3 is 0 Å². The van der Waals surface area contributed by atoms with Crippen LogP contribution in [0, 0.1) is 0 Å². The van der Waals surface area contributed by atoms with E-state index < -0.39 is 0 Å². The summed E-state index contributed by atoms with van der Waals surface area (Å²) in [5, 5.41) is 7.82. The number of methoxy groups -OCH3 is 1. The molecule has 0 radical (unpaired) electrons. The molecule has 10 heteroatoms. The van der Waals surface area contributed by atoms with Crippen molar-refractivity contribution in [2.24, 2.45) is 5.10 Å². The lowest BCUT2D eigenvalue weighted by Gasteiger charge is -2.17. The number of ether oxygens (including phenoxy) is 3. The molecule has 40 heavy (non-hydrogen) atoms. The summed E-state index contributed by atoms with van der Waals surface area (Å²) < 4.78 is 17.1. The van der Waals surface area contributed by atoms with Gasteiger partial charge in [-0.15, -0.1) is 6.58 Å². The molecule has 0 heterocycles. The van der Waals surface area contributed by atoms with Crippen LogP contribution in [-0.2, 0) is 17.8 Å². The topological polar surface area (TPSA) is 98.3 Å². The Morgan fingerprint density at radius 1 is 1.02 bits per heavy atom. The number of hydrazone groups is 1. The van der Waals surface area contributed by atoms with Gasteiger partial charge in [0.25, 0.3) is 5.91 Å². The first kappa shape index (κ1) is 30.5. The summed E-state index contributed by atoms with van der Waals surface area (Å²) in [7, 11) is 1.55. The highest BCUT2D eigenvalue weighted by Gasteiger charge is 2.14. The van der Waals surface area contributed by atoms with Crippen molar-refractivity contribution in [2.45, 2.75) is 26.4 Å².